The van der Waals surface area contributed by atoms with Crippen molar-refractivity contribution in [3.8, 4) is 11.1 Å². The van der Waals surface area contributed by atoms with E-state index in [4.69, 9.17) is 0 Å². The van der Waals surface area contributed by atoms with Crippen molar-refractivity contribution >= 4 is 17.2 Å². The first-order valence-corrected chi connectivity index (χ1v) is 7.21. The molecule has 0 bridgehead atoms. The Hall–Kier alpha value is -1.65. The number of carbonyl (C=O) groups excluding carboxylic acids is 1. The van der Waals surface area contributed by atoms with Crippen LogP contribution in [0.25, 0.3) is 11.1 Å². The van der Waals surface area contributed by atoms with E-state index in [2.05, 4.69) is 46.3 Å². The first-order valence-electron chi connectivity index (χ1n) is 6.33. The van der Waals surface area contributed by atoms with Crippen LogP contribution in [-0.4, -0.2) is 19.0 Å². The maximum absolute atomic E-state index is 10.7. The molecule has 1 aromatic carbocycles. The molecular weight excluding hydrogens is 256 g/mol. The lowest BCUT2D eigenvalue weighted by Gasteiger charge is -2.03. The first-order chi connectivity index (χ1) is 9.25. The van der Waals surface area contributed by atoms with Gasteiger partial charge >= 0.3 is 0 Å². The highest BCUT2D eigenvalue weighted by molar-refractivity contribution is 7.10. The van der Waals surface area contributed by atoms with Gasteiger partial charge in [-0.15, -0.1) is 11.3 Å². The number of thiophene rings is 1. The van der Waals surface area contributed by atoms with Crippen molar-refractivity contribution in [2.45, 2.75) is 13.5 Å². The van der Waals surface area contributed by atoms with Gasteiger partial charge in [-0.1, -0.05) is 30.3 Å². The monoisotopic (exact) mass is 274 g/mol. The lowest BCUT2D eigenvalue weighted by atomic mass is 10.1. The molecule has 0 aliphatic heterocycles. The van der Waals surface area contributed by atoms with Crippen LogP contribution in [0.1, 0.15) is 11.8 Å². The van der Waals surface area contributed by atoms with Crippen molar-refractivity contribution in [1.82, 2.24) is 10.6 Å². The average molecular weight is 274 g/mol. The summed E-state index contributed by atoms with van der Waals surface area (Å²) >= 11 is 1.76. The molecule has 0 saturated carbocycles. The van der Waals surface area contributed by atoms with Crippen molar-refractivity contribution in [2.24, 2.45) is 0 Å². The van der Waals surface area contributed by atoms with E-state index in [1.54, 1.807) is 11.3 Å². The first kappa shape index (κ1) is 13.8. The predicted molar refractivity (Wildman–Crippen MR) is 80.1 cm³/mol. The van der Waals surface area contributed by atoms with Crippen LogP contribution in [0, 0.1) is 0 Å². The van der Waals surface area contributed by atoms with Crippen molar-refractivity contribution in [2.75, 3.05) is 13.1 Å². The van der Waals surface area contributed by atoms with E-state index in [1.165, 1.54) is 22.9 Å². The number of hydrogen-bond donors (Lipinski definition) is 2. The molecule has 2 N–H and O–H groups in total. The quantitative estimate of drug-likeness (QED) is 0.795. The minimum Gasteiger partial charge on any atom is -0.355 e. The second-order valence-corrected chi connectivity index (χ2v) is 5.32. The molecule has 0 unspecified atom stereocenters. The second kappa shape index (κ2) is 7.07. The molecular formula is C15H18N2OS. The zero-order chi connectivity index (χ0) is 13.5. The summed E-state index contributed by atoms with van der Waals surface area (Å²) in [6.07, 6.45) is 0. The standard InChI is InChI=1S/C15H18N2OS/c1-12(18)17-8-7-16-10-15-9-14(11-19-15)13-5-3-2-4-6-13/h2-6,9,11,16H,7-8,10H2,1H3,(H,17,18). The van der Waals surface area contributed by atoms with Crippen LogP contribution < -0.4 is 10.6 Å². The van der Waals surface area contributed by atoms with Crippen LogP contribution in [0.3, 0.4) is 0 Å². The van der Waals surface area contributed by atoms with Crippen molar-refractivity contribution in [3.05, 3.63) is 46.7 Å². The van der Waals surface area contributed by atoms with Crippen LogP contribution in [0.5, 0.6) is 0 Å². The number of benzene rings is 1. The fraction of sp³-hybridized carbons (Fsp3) is 0.267. The van der Waals surface area contributed by atoms with E-state index in [9.17, 15) is 4.79 Å². The number of hydrogen-bond acceptors (Lipinski definition) is 3. The SMILES string of the molecule is CC(=O)NCCNCc1cc(-c2ccccc2)cs1. The summed E-state index contributed by atoms with van der Waals surface area (Å²) in [5.41, 5.74) is 2.52. The van der Waals surface area contributed by atoms with Gasteiger partial charge in [0.25, 0.3) is 0 Å². The largest absolute Gasteiger partial charge is 0.355 e. The molecule has 4 heteroatoms. The minimum atomic E-state index is 0.0179. The van der Waals surface area contributed by atoms with Gasteiger partial charge in [-0.05, 0) is 22.6 Å². The molecule has 2 aromatic rings. The highest BCUT2D eigenvalue weighted by Crippen LogP contribution is 2.25. The number of nitrogens with one attached hydrogen (secondary N) is 2. The van der Waals surface area contributed by atoms with E-state index in [0.717, 1.165) is 13.1 Å². The Labute approximate surface area is 117 Å². The number of rotatable bonds is 6. The van der Waals surface area contributed by atoms with E-state index < -0.39 is 0 Å². The van der Waals surface area contributed by atoms with Crippen molar-refractivity contribution < 1.29 is 4.79 Å². The Bertz CT molecular complexity index is 522. The lowest BCUT2D eigenvalue weighted by Crippen LogP contribution is -2.29. The van der Waals surface area contributed by atoms with Gasteiger partial charge in [-0.3, -0.25) is 4.79 Å². The molecule has 0 fully saturated rings. The maximum atomic E-state index is 10.7. The van der Waals surface area contributed by atoms with Gasteiger partial charge in [0.1, 0.15) is 0 Å². The Balaban J connectivity index is 1.80. The third kappa shape index (κ3) is 4.50. The van der Waals surface area contributed by atoms with Crippen LogP contribution in [-0.2, 0) is 11.3 Å². The molecule has 0 spiro atoms. The van der Waals surface area contributed by atoms with Crippen LogP contribution in [0.15, 0.2) is 41.8 Å². The summed E-state index contributed by atoms with van der Waals surface area (Å²) in [4.78, 5) is 12.0. The topological polar surface area (TPSA) is 41.1 Å². The Morgan fingerprint density at radius 1 is 1.16 bits per heavy atom. The van der Waals surface area contributed by atoms with Gasteiger partial charge in [-0.25, -0.2) is 0 Å². The molecule has 3 nitrogen and oxygen atoms in total. The zero-order valence-electron chi connectivity index (χ0n) is 11.0. The van der Waals surface area contributed by atoms with E-state index >= 15 is 0 Å². The lowest BCUT2D eigenvalue weighted by molar-refractivity contribution is -0.118. The van der Waals surface area contributed by atoms with Crippen LogP contribution >= 0.6 is 11.3 Å². The molecule has 0 atom stereocenters. The molecule has 0 aliphatic rings. The summed E-state index contributed by atoms with van der Waals surface area (Å²) < 4.78 is 0. The minimum absolute atomic E-state index is 0.0179. The van der Waals surface area contributed by atoms with Crippen LogP contribution in [0.4, 0.5) is 0 Å². The molecule has 100 valence electrons. The van der Waals surface area contributed by atoms with Crippen LogP contribution in [0.2, 0.25) is 0 Å². The third-order valence-corrected chi connectivity index (χ3v) is 3.67. The molecule has 0 radical (unpaired) electrons. The van der Waals surface area contributed by atoms with E-state index in [0.29, 0.717) is 6.54 Å². The molecule has 1 aromatic heterocycles. The molecule has 19 heavy (non-hydrogen) atoms. The Morgan fingerprint density at radius 3 is 2.68 bits per heavy atom. The summed E-state index contributed by atoms with van der Waals surface area (Å²) in [5.74, 6) is 0.0179. The van der Waals surface area contributed by atoms with Crippen molar-refractivity contribution in [3.63, 3.8) is 0 Å². The molecule has 0 saturated heterocycles. The van der Waals surface area contributed by atoms with Gasteiger partial charge in [0.05, 0.1) is 0 Å². The van der Waals surface area contributed by atoms with Gasteiger partial charge in [0.15, 0.2) is 0 Å². The smallest absolute Gasteiger partial charge is 0.216 e. The fourth-order valence-corrected chi connectivity index (χ4v) is 2.66. The van der Waals surface area contributed by atoms with E-state index in [1.807, 2.05) is 6.07 Å². The normalized spacial score (nSPS) is 10.4. The second-order valence-electron chi connectivity index (χ2n) is 4.33. The maximum Gasteiger partial charge on any atom is 0.216 e. The number of amides is 1. The van der Waals surface area contributed by atoms with Gasteiger partial charge in [0.2, 0.25) is 5.91 Å². The molecule has 1 amide bonds. The summed E-state index contributed by atoms with van der Waals surface area (Å²) in [5, 5.41) is 8.26. The average Bonchev–Trinajstić information content (AvgIpc) is 2.88. The number of carbonyl (C=O) groups is 1. The van der Waals surface area contributed by atoms with Gasteiger partial charge < -0.3 is 10.6 Å². The van der Waals surface area contributed by atoms with Crippen molar-refractivity contribution in [1.29, 1.82) is 0 Å². The summed E-state index contributed by atoms with van der Waals surface area (Å²) in [6, 6.07) is 12.6. The Morgan fingerprint density at radius 2 is 1.95 bits per heavy atom. The summed E-state index contributed by atoms with van der Waals surface area (Å²) in [7, 11) is 0. The highest BCUT2D eigenvalue weighted by atomic mass is 32.1. The predicted octanol–water partition coefficient (Wildman–Crippen LogP) is 2.64. The molecule has 1 heterocycles. The van der Waals surface area contributed by atoms with E-state index in [-0.39, 0.29) is 5.91 Å². The summed E-state index contributed by atoms with van der Waals surface area (Å²) in [6.45, 7) is 3.84. The third-order valence-electron chi connectivity index (χ3n) is 2.74. The fourth-order valence-electron chi connectivity index (χ4n) is 1.79. The molecule has 2 rings (SSSR count). The zero-order valence-corrected chi connectivity index (χ0v) is 11.8. The molecule has 0 aliphatic carbocycles. The highest BCUT2D eigenvalue weighted by Gasteiger charge is 2.01. The van der Waals surface area contributed by atoms with Gasteiger partial charge in [0, 0.05) is 31.4 Å². The van der Waals surface area contributed by atoms with Gasteiger partial charge in [-0.2, -0.15) is 0 Å². The Kier molecular flexibility index (Phi) is 5.12.